The van der Waals surface area contributed by atoms with Crippen LogP contribution in [0.2, 0.25) is 0 Å². The van der Waals surface area contributed by atoms with E-state index in [1.807, 2.05) is 27.7 Å². The Morgan fingerprint density at radius 3 is 2.05 bits per heavy atom. The third kappa shape index (κ3) is 9.35. The van der Waals surface area contributed by atoms with Gasteiger partial charge in [-0.1, -0.05) is 27.7 Å². The standard InChI is InChI=1S/C14H26N2O4/c1-9(2)5-6-12(17)15-8-13(18)16-11(14(19)20)7-10(3)4/h9-11H,5-8H2,1-4H3,(H,15,17)(H,16,18)(H,19,20)/t11-/m1/s1. The number of rotatable bonds is 9. The van der Waals surface area contributed by atoms with Crippen LogP contribution in [-0.4, -0.2) is 35.5 Å². The molecule has 0 aliphatic rings. The largest absolute Gasteiger partial charge is 0.480 e. The molecule has 0 fully saturated rings. The van der Waals surface area contributed by atoms with Gasteiger partial charge in [-0.25, -0.2) is 4.79 Å². The van der Waals surface area contributed by atoms with Gasteiger partial charge in [-0.15, -0.1) is 0 Å². The molecule has 0 rings (SSSR count). The molecule has 1 atom stereocenters. The Kier molecular flexibility index (Phi) is 8.59. The van der Waals surface area contributed by atoms with Crippen molar-refractivity contribution in [1.82, 2.24) is 10.6 Å². The highest BCUT2D eigenvalue weighted by molar-refractivity contribution is 5.87. The zero-order chi connectivity index (χ0) is 15.7. The van der Waals surface area contributed by atoms with Gasteiger partial charge in [0, 0.05) is 6.42 Å². The summed E-state index contributed by atoms with van der Waals surface area (Å²) in [5.41, 5.74) is 0. The van der Waals surface area contributed by atoms with Crippen LogP contribution in [0.4, 0.5) is 0 Å². The maximum absolute atomic E-state index is 11.6. The molecule has 0 saturated carbocycles. The molecule has 0 spiro atoms. The normalized spacial score (nSPS) is 12.3. The van der Waals surface area contributed by atoms with Gasteiger partial charge in [0.15, 0.2) is 0 Å². The lowest BCUT2D eigenvalue weighted by Crippen LogP contribution is -2.46. The van der Waals surface area contributed by atoms with Gasteiger partial charge in [0.25, 0.3) is 0 Å². The number of carboxylic acid groups (broad SMARTS) is 1. The van der Waals surface area contributed by atoms with Gasteiger partial charge in [-0.05, 0) is 24.7 Å². The molecule has 0 unspecified atom stereocenters. The number of carboxylic acids is 1. The molecule has 0 aromatic heterocycles. The summed E-state index contributed by atoms with van der Waals surface area (Å²) in [6.45, 7) is 7.62. The Morgan fingerprint density at radius 2 is 1.60 bits per heavy atom. The number of nitrogens with one attached hydrogen (secondary N) is 2. The Bertz CT molecular complexity index is 340. The molecule has 6 nitrogen and oxygen atoms in total. The molecular formula is C14H26N2O4. The summed E-state index contributed by atoms with van der Waals surface area (Å²) in [5, 5.41) is 13.9. The van der Waals surface area contributed by atoms with Crippen molar-refractivity contribution in [2.45, 2.75) is 53.0 Å². The van der Waals surface area contributed by atoms with Crippen molar-refractivity contribution in [3.8, 4) is 0 Å². The van der Waals surface area contributed by atoms with E-state index in [4.69, 9.17) is 5.11 Å². The average molecular weight is 286 g/mol. The SMILES string of the molecule is CC(C)CCC(=O)NCC(=O)N[C@H](CC(C)C)C(=O)O. The van der Waals surface area contributed by atoms with Gasteiger partial charge in [0.1, 0.15) is 6.04 Å². The van der Waals surface area contributed by atoms with Crippen LogP contribution >= 0.6 is 0 Å². The zero-order valence-corrected chi connectivity index (χ0v) is 12.7. The summed E-state index contributed by atoms with van der Waals surface area (Å²) in [6.07, 6.45) is 1.50. The van der Waals surface area contributed by atoms with E-state index < -0.39 is 17.9 Å². The van der Waals surface area contributed by atoms with Gasteiger partial charge >= 0.3 is 5.97 Å². The minimum atomic E-state index is -1.06. The minimum Gasteiger partial charge on any atom is -0.480 e. The van der Waals surface area contributed by atoms with Crippen molar-refractivity contribution < 1.29 is 19.5 Å². The first-order chi connectivity index (χ1) is 9.22. The molecule has 116 valence electrons. The third-order valence-electron chi connectivity index (χ3n) is 2.74. The Hall–Kier alpha value is -1.59. The van der Waals surface area contributed by atoms with Crippen molar-refractivity contribution in [3.05, 3.63) is 0 Å². The molecular weight excluding hydrogens is 260 g/mol. The summed E-state index contributed by atoms with van der Waals surface area (Å²) >= 11 is 0. The Balaban J connectivity index is 4.07. The molecule has 0 heterocycles. The third-order valence-corrected chi connectivity index (χ3v) is 2.74. The predicted octanol–water partition coefficient (Wildman–Crippen LogP) is 1.15. The van der Waals surface area contributed by atoms with E-state index in [1.165, 1.54) is 0 Å². The predicted molar refractivity (Wildman–Crippen MR) is 76.1 cm³/mol. The summed E-state index contributed by atoms with van der Waals surface area (Å²) in [6, 6.07) is -0.907. The maximum Gasteiger partial charge on any atom is 0.326 e. The van der Waals surface area contributed by atoms with Crippen LogP contribution in [0.5, 0.6) is 0 Å². The monoisotopic (exact) mass is 286 g/mol. The van der Waals surface area contributed by atoms with Crippen molar-refractivity contribution in [3.63, 3.8) is 0 Å². The van der Waals surface area contributed by atoms with Crippen LogP contribution in [0.25, 0.3) is 0 Å². The van der Waals surface area contributed by atoms with E-state index in [0.717, 1.165) is 6.42 Å². The summed E-state index contributed by atoms with van der Waals surface area (Å²) in [7, 11) is 0. The van der Waals surface area contributed by atoms with Crippen LogP contribution in [0.3, 0.4) is 0 Å². The molecule has 0 aliphatic heterocycles. The van der Waals surface area contributed by atoms with Gasteiger partial charge < -0.3 is 15.7 Å². The molecule has 0 radical (unpaired) electrons. The van der Waals surface area contributed by atoms with Gasteiger partial charge in [-0.3, -0.25) is 9.59 Å². The van der Waals surface area contributed by atoms with E-state index in [2.05, 4.69) is 10.6 Å². The second kappa shape index (κ2) is 9.34. The second-order valence-corrected chi connectivity index (χ2v) is 5.80. The first-order valence-corrected chi connectivity index (χ1v) is 7.01. The van der Waals surface area contributed by atoms with E-state index in [1.54, 1.807) is 0 Å². The van der Waals surface area contributed by atoms with E-state index in [-0.39, 0.29) is 18.4 Å². The maximum atomic E-state index is 11.6. The number of carbonyl (C=O) groups is 3. The van der Waals surface area contributed by atoms with Gasteiger partial charge in [-0.2, -0.15) is 0 Å². The molecule has 0 aromatic rings. The number of aliphatic carboxylic acids is 1. The molecule has 0 aliphatic carbocycles. The summed E-state index contributed by atoms with van der Waals surface area (Å²) in [4.78, 5) is 34.0. The lowest BCUT2D eigenvalue weighted by Gasteiger charge is -2.16. The zero-order valence-electron chi connectivity index (χ0n) is 12.7. The average Bonchev–Trinajstić information content (AvgIpc) is 2.32. The van der Waals surface area contributed by atoms with E-state index >= 15 is 0 Å². The van der Waals surface area contributed by atoms with Crippen LogP contribution < -0.4 is 10.6 Å². The lowest BCUT2D eigenvalue weighted by atomic mass is 10.0. The Labute approximate surface area is 120 Å². The van der Waals surface area contributed by atoms with Crippen LogP contribution in [0.1, 0.15) is 47.0 Å². The fourth-order valence-electron chi connectivity index (χ4n) is 1.63. The fraction of sp³-hybridized carbons (Fsp3) is 0.786. The van der Waals surface area contributed by atoms with Crippen LogP contribution in [0, 0.1) is 11.8 Å². The van der Waals surface area contributed by atoms with Crippen molar-refractivity contribution in [1.29, 1.82) is 0 Å². The number of hydrogen-bond donors (Lipinski definition) is 3. The molecule has 0 saturated heterocycles. The minimum absolute atomic E-state index is 0.164. The smallest absolute Gasteiger partial charge is 0.326 e. The number of amides is 2. The molecule has 2 amide bonds. The van der Waals surface area contributed by atoms with Gasteiger partial charge in [0.2, 0.25) is 11.8 Å². The summed E-state index contributed by atoms with van der Waals surface area (Å²) < 4.78 is 0. The van der Waals surface area contributed by atoms with Crippen LogP contribution in [0.15, 0.2) is 0 Å². The Morgan fingerprint density at radius 1 is 1.00 bits per heavy atom. The molecule has 6 heteroatoms. The molecule has 20 heavy (non-hydrogen) atoms. The molecule has 0 aromatic carbocycles. The van der Waals surface area contributed by atoms with Crippen LogP contribution in [-0.2, 0) is 14.4 Å². The van der Waals surface area contributed by atoms with E-state index in [0.29, 0.717) is 18.8 Å². The lowest BCUT2D eigenvalue weighted by molar-refractivity contribution is -0.142. The molecule has 0 bridgehead atoms. The second-order valence-electron chi connectivity index (χ2n) is 5.80. The quantitative estimate of drug-likeness (QED) is 0.592. The van der Waals surface area contributed by atoms with Crippen molar-refractivity contribution in [2.24, 2.45) is 11.8 Å². The highest BCUT2D eigenvalue weighted by atomic mass is 16.4. The topological polar surface area (TPSA) is 95.5 Å². The highest BCUT2D eigenvalue weighted by Crippen LogP contribution is 2.05. The highest BCUT2D eigenvalue weighted by Gasteiger charge is 2.21. The van der Waals surface area contributed by atoms with Crippen molar-refractivity contribution in [2.75, 3.05) is 6.54 Å². The number of hydrogen-bond acceptors (Lipinski definition) is 3. The number of carbonyl (C=O) groups excluding carboxylic acids is 2. The van der Waals surface area contributed by atoms with E-state index in [9.17, 15) is 14.4 Å². The first kappa shape index (κ1) is 18.4. The first-order valence-electron chi connectivity index (χ1n) is 7.01. The molecule has 3 N–H and O–H groups in total. The van der Waals surface area contributed by atoms with Gasteiger partial charge in [0.05, 0.1) is 6.54 Å². The van der Waals surface area contributed by atoms with Crippen molar-refractivity contribution >= 4 is 17.8 Å². The fourth-order valence-corrected chi connectivity index (χ4v) is 1.63. The summed E-state index contributed by atoms with van der Waals surface area (Å²) in [5.74, 6) is -1.13.